The van der Waals surface area contributed by atoms with E-state index in [1.165, 1.54) is 23.8 Å². The molecule has 2 atom stereocenters. The molecule has 1 saturated heterocycles. The van der Waals surface area contributed by atoms with E-state index >= 15 is 0 Å². The van der Waals surface area contributed by atoms with Crippen LogP contribution in [0.1, 0.15) is 24.2 Å². The lowest BCUT2D eigenvalue weighted by molar-refractivity contribution is -0.155. The van der Waals surface area contributed by atoms with Gasteiger partial charge in [0.1, 0.15) is 28.9 Å². The second-order valence-corrected chi connectivity index (χ2v) is 12.2. The van der Waals surface area contributed by atoms with Gasteiger partial charge in [-0.25, -0.2) is 9.78 Å². The average molecular weight is 612 g/mol. The van der Waals surface area contributed by atoms with Gasteiger partial charge in [0.15, 0.2) is 10.8 Å². The van der Waals surface area contributed by atoms with E-state index in [4.69, 9.17) is 22.2 Å². The van der Waals surface area contributed by atoms with Crippen molar-refractivity contribution in [2.24, 2.45) is 5.16 Å². The number of amides is 2. The van der Waals surface area contributed by atoms with Crippen LogP contribution in [0.25, 0.3) is 0 Å². The number of halogens is 1. The summed E-state index contributed by atoms with van der Waals surface area (Å²) in [5.74, 6) is -0.881. The normalized spacial score (nSPS) is 19.0. The van der Waals surface area contributed by atoms with E-state index in [0.29, 0.717) is 23.5 Å². The number of allylic oxidation sites excluding steroid dienone is 1. The minimum Gasteiger partial charge on any atom is -0.477 e. The second-order valence-electron chi connectivity index (χ2n) is 8.35. The molecule has 2 aromatic rings. The number of carbonyl (C=O) groups excluding carboxylic acids is 2. The molecule has 2 aromatic heterocycles. The molecule has 0 spiro atoms. The molecule has 39 heavy (non-hydrogen) atoms. The fourth-order valence-electron chi connectivity index (χ4n) is 4.18. The van der Waals surface area contributed by atoms with Gasteiger partial charge in [0, 0.05) is 34.0 Å². The van der Waals surface area contributed by atoms with E-state index in [1.807, 2.05) is 13.1 Å². The van der Waals surface area contributed by atoms with Gasteiger partial charge in [-0.15, -0.1) is 0 Å². The van der Waals surface area contributed by atoms with Crippen LogP contribution in [-0.4, -0.2) is 82.0 Å². The number of thiazole rings is 1. The first-order chi connectivity index (χ1) is 18.8. The van der Waals surface area contributed by atoms with Crippen molar-refractivity contribution in [3.8, 4) is 0 Å². The van der Waals surface area contributed by atoms with Crippen LogP contribution in [0.2, 0.25) is 4.34 Å². The van der Waals surface area contributed by atoms with Crippen LogP contribution >= 0.6 is 46.5 Å². The van der Waals surface area contributed by atoms with Crippen LogP contribution in [0.3, 0.4) is 0 Å². The van der Waals surface area contributed by atoms with Crippen LogP contribution in [-0.2, 0) is 25.0 Å². The zero-order valence-electron chi connectivity index (χ0n) is 21.0. The molecule has 1 fully saturated rings. The van der Waals surface area contributed by atoms with Gasteiger partial charge in [-0.1, -0.05) is 39.9 Å². The number of aromatic nitrogens is 2. The number of thioether (sulfide) groups is 2. The first-order valence-corrected chi connectivity index (χ1v) is 14.9. The number of fused-ring (bicyclic) bond motifs is 1. The molecule has 2 aliphatic heterocycles. The standard InChI is InChI=1S/C23H26ClN7O5S3/c1-26-8-9-37-10-11-13(4-3-7-27-11)38-14-6-5-12-15(21(33)31(12)18(14)22(34)35)28-20(32)17(30-36-2)16-19(24)39-23(25)29-16/h3-4,7,12,15,26H,5-6,8-10H2,1-2H3,(H2,25,29)(H,28,32)(H,34,35). The van der Waals surface area contributed by atoms with Crippen molar-refractivity contribution >= 4 is 75.1 Å². The number of nitrogens with one attached hydrogen (secondary N) is 2. The van der Waals surface area contributed by atoms with Crippen LogP contribution in [0.5, 0.6) is 0 Å². The molecule has 2 aliphatic rings. The first-order valence-electron chi connectivity index (χ1n) is 11.7. The fourth-order valence-corrected chi connectivity index (χ4v) is 7.28. The Bertz CT molecular complexity index is 1330. The fraction of sp³-hybridized carbons (Fsp3) is 0.391. The molecule has 2 unspecified atom stereocenters. The number of rotatable bonds is 12. The maximum Gasteiger partial charge on any atom is 0.353 e. The van der Waals surface area contributed by atoms with Gasteiger partial charge in [-0.05, 0) is 32.0 Å². The first kappa shape index (κ1) is 29.1. The summed E-state index contributed by atoms with van der Waals surface area (Å²) in [6.07, 6.45) is 2.59. The van der Waals surface area contributed by atoms with Crippen molar-refractivity contribution in [2.75, 3.05) is 32.2 Å². The van der Waals surface area contributed by atoms with Gasteiger partial charge in [-0.2, -0.15) is 11.8 Å². The summed E-state index contributed by atoms with van der Waals surface area (Å²) in [5, 5.41) is 19.6. The van der Waals surface area contributed by atoms with E-state index in [0.717, 1.165) is 34.2 Å². The van der Waals surface area contributed by atoms with Crippen molar-refractivity contribution in [1.82, 2.24) is 25.5 Å². The lowest BCUT2D eigenvalue weighted by atomic mass is 9.86. The molecule has 0 aliphatic carbocycles. The molecule has 2 amide bonds. The molecule has 0 aromatic carbocycles. The Morgan fingerprint density at radius 2 is 2.23 bits per heavy atom. The highest BCUT2D eigenvalue weighted by molar-refractivity contribution is 8.03. The molecule has 208 valence electrons. The van der Waals surface area contributed by atoms with Crippen LogP contribution in [0.4, 0.5) is 5.13 Å². The van der Waals surface area contributed by atoms with Gasteiger partial charge in [0.05, 0.1) is 11.7 Å². The lowest BCUT2D eigenvalue weighted by Gasteiger charge is -2.50. The zero-order chi connectivity index (χ0) is 28.1. The smallest absolute Gasteiger partial charge is 0.353 e. The number of aliphatic carboxylic acids is 1. The van der Waals surface area contributed by atoms with Gasteiger partial charge < -0.3 is 26.3 Å². The minimum absolute atomic E-state index is 0.0343. The van der Waals surface area contributed by atoms with Crippen molar-refractivity contribution in [3.05, 3.63) is 44.7 Å². The summed E-state index contributed by atoms with van der Waals surface area (Å²) >= 11 is 10.1. The zero-order valence-corrected chi connectivity index (χ0v) is 24.2. The average Bonchev–Trinajstić information content (AvgIpc) is 3.25. The van der Waals surface area contributed by atoms with Crippen molar-refractivity contribution in [3.63, 3.8) is 0 Å². The molecule has 0 bridgehead atoms. The molecule has 12 nitrogen and oxygen atoms in total. The highest BCUT2D eigenvalue weighted by Gasteiger charge is 2.54. The molecule has 4 rings (SSSR count). The number of carboxylic acids is 1. The van der Waals surface area contributed by atoms with Gasteiger partial charge >= 0.3 is 5.97 Å². The Kier molecular flexibility index (Phi) is 9.71. The molecule has 16 heteroatoms. The van der Waals surface area contributed by atoms with E-state index in [-0.39, 0.29) is 26.6 Å². The Labute approximate surface area is 241 Å². The van der Waals surface area contributed by atoms with Crippen molar-refractivity contribution < 1.29 is 24.3 Å². The Morgan fingerprint density at radius 1 is 1.44 bits per heavy atom. The summed E-state index contributed by atoms with van der Waals surface area (Å²) in [6, 6.07) is 2.24. The number of nitrogens with two attached hydrogens (primary N) is 1. The van der Waals surface area contributed by atoms with Crippen molar-refractivity contribution in [1.29, 1.82) is 0 Å². The number of β-lactam (4-membered cyclic amide) rings is 1. The van der Waals surface area contributed by atoms with Gasteiger partial charge in [0.2, 0.25) is 0 Å². The number of anilines is 1. The van der Waals surface area contributed by atoms with Gasteiger partial charge in [0.25, 0.3) is 11.8 Å². The van der Waals surface area contributed by atoms with Crippen LogP contribution < -0.4 is 16.4 Å². The van der Waals surface area contributed by atoms with E-state index in [1.54, 1.807) is 24.0 Å². The van der Waals surface area contributed by atoms with Crippen LogP contribution in [0, 0.1) is 0 Å². The summed E-state index contributed by atoms with van der Waals surface area (Å²) in [5.41, 5.74) is 6.26. The molecule has 0 saturated carbocycles. The summed E-state index contributed by atoms with van der Waals surface area (Å²) < 4.78 is 0.144. The molecular formula is C23H26ClN7O5S3. The quantitative estimate of drug-likeness (QED) is 0.120. The van der Waals surface area contributed by atoms with Crippen molar-refractivity contribution in [2.45, 2.75) is 35.6 Å². The number of carboxylic acid groups (broad SMARTS) is 1. The number of pyridine rings is 1. The third-order valence-corrected chi connectivity index (χ3v) is 9.21. The summed E-state index contributed by atoms with van der Waals surface area (Å²) in [4.78, 5) is 54.4. The largest absolute Gasteiger partial charge is 0.477 e. The number of oxime groups is 1. The predicted molar refractivity (Wildman–Crippen MR) is 152 cm³/mol. The highest BCUT2D eigenvalue weighted by atomic mass is 35.5. The summed E-state index contributed by atoms with van der Waals surface area (Å²) in [6.45, 7) is 0.869. The lowest BCUT2D eigenvalue weighted by Crippen LogP contribution is -2.72. The molecule has 0 radical (unpaired) electrons. The second kappa shape index (κ2) is 13.0. The highest BCUT2D eigenvalue weighted by Crippen LogP contribution is 2.44. The maximum absolute atomic E-state index is 13.2. The molecule has 5 N–H and O–H groups in total. The van der Waals surface area contributed by atoms with Gasteiger partial charge in [-0.3, -0.25) is 19.5 Å². The minimum atomic E-state index is -1.21. The Hall–Kier alpha value is -2.85. The van der Waals surface area contributed by atoms with E-state index < -0.39 is 29.9 Å². The van der Waals surface area contributed by atoms with E-state index in [9.17, 15) is 19.5 Å². The molecule has 4 heterocycles. The number of nitrogen functional groups attached to an aromatic ring is 1. The monoisotopic (exact) mass is 611 g/mol. The Balaban J connectivity index is 1.51. The maximum atomic E-state index is 13.2. The number of nitrogens with zero attached hydrogens (tertiary/aromatic N) is 4. The Morgan fingerprint density at radius 3 is 2.90 bits per heavy atom. The van der Waals surface area contributed by atoms with Crippen LogP contribution in [0.15, 0.2) is 39.0 Å². The third kappa shape index (κ3) is 6.32. The topological polar surface area (TPSA) is 172 Å². The third-order valence-electron chi connectivity index (χ3n) is 5.92. The predicted octanol–water partition coefficient (Wildman–Crippen LogP) is 2.15. The molecular weight excluding hydrogens is 586 g/mol. The number of hydrogen-bond donors (Lipinski definition) is 4. The van der Waals surface area contributed by atoms with E-state index in [2.05, 4.69) is 25.8 Å². The number of carbonyl (C=O) groups is 3. The summed E-state index contributed by atoms with van der Waals surface area (Å²) in [7, 11) is 3.15. The SMILES string of the molecule is CNCCSCc1ncccc1SC1=C(C(=O)O)N2C(=O)C(NC(=O)C(=NOC)c3nc(N)sc3Cl)C2CC1. The number of hydrogen-bond acceptors (Lipinski definition) is 12.